The molecule has 0 atom stereocenters. The fourth-order valence-electron chi connectivity index (χ4n) is 1.67. The van der Waals surface area contributed by atoms with Crippen molar-refractivity contribution in [2.24, 2.45) is 7.05 Å². The molecule has 0 amide bonds. The Kier molecular flexibility index (Phi) is 3.48. The number of aromatic nitrogens is 2. The topological polar surface area (TPSA) is 47.3 Å². The van der Waals surface area contributed by atoms with E-state index < -0.39 is 6.36 Å². The SMILES string of the molecule is Cn1c(CO)cnc1-c1ccc(OC(F)(F)F)cc1. The third kappa shape index (κ3) is 3.05. The molecule has 0 saturated carbocycles. The van der Waals surface area contributed by atoms with E-state index in [1.807, 2.05) is 0 Å². The first kappa shape index (κ1) is 13.4. The summed E-state index contributed by atoms with van der Waals surface area (Å²) >= 11 is 0. The smallest absolute Gasteiger partial charge is 0.406 e. The van der Waals surface area contributed by atoms with Gasteiger partial charge in [0.05, 0.1) is 18.5 Å². The Morgan fingerprint density at radius 2 is 1.89 bits per heavy atom. The average Bonchev–Trinajstić information content (AvgIpc) is 2.69. The van der Waals surface area contributed by atoms with Crippen LogP contribution in [0, 0.1) is 0 Å². The summed E-state index contributed by atoms with van der Waals surface area (Å²) in [7, 11) is 1.72. The highest BCUT2D eigenvalue weighted by molar-refractivity contribution is 5.57. The second-order valence-electron chi connectivity index (χ2n) is 3.86. The highest BCUT2D eigenvalue weighted by Gasteiger charge is 2.31. The molecule has 2 rings (SSSR count). The first-order valence-electron chi connectivity index (χ1n) is 5.38. The first-order valence-corrected chi connectivity index (χ1v) is 5.38. The van der Waals surface area contributed by atoms with Crippen LogP contribution in [0.1, 0.15) is 5.69 Å². The summed E-state index contributed by atoms with van der Waals surface area (Å²) in [6, 6.07) is 5.39. The monoisotopic (exact) mass is 272 g/mol. The van der Waals surface area contributed by atoms with Crippen molar-refractivity contribution in [3.8, 4) is 17.1 Å². The van der Waals surface area contributed by atoms with Gasteiger partial charge in [0.25, 0.3) is 0 Å². The molecule has 0 aliphatic heterocycles. The maximum atomic E-state index is 12.0. The summed E-state index contributed by atoms with van der Waals surface area (Å²) in [5.74, 6) is 0.274. The Balaban J connectivity index is 2.25. The number of halogens is 3. The van der Waals surface area contributed by atoms with Crippen LogP contribution in [-0.2, 0) is 13.7 Å². The maximum absolute atomic E-state index is 12.0. The molecule has 1 aromatic carbocycles. The third-order valence-corrected chi connectivity index (χ3v) is 2.59. The molecule has 0 spiro atoms. The second kappa shape index (κ2) is 4.93. The van der Waals surface area contributed by atoms with Gasteiger partial charge in [0.1, 0.15) is 11.6 Å². The second-order valence-corrected chi connectivity index (χ2v) is 3.86. The lowest BCUT2D eigenvalue weighted by atomic mass is 10.2. The van der Waals surface area contributed by atoms with Gasteiger partial charge in [-0.3, -0.25) is 0 Å². The number of alkyl halides is 3. The molecule has 0 fully saturated rings. The van der Waals surface area contributed by atoms with Crippen molar-refractivity contribution in [3.63, 3.8) is 0 Å². The van der Waals surface area contributed by atoms with Crippen molar-refractivity contribution in [3.05, 3.63) is 36.2 Å². The molecule has 7 heteroatoms. The van der Waals surface area contributed by atoms with Crippen LogP contribution in [0.5, 0.6) is 5.75 Å². The van der Waals surface area contributed by atoms with Crippen LogP contribution in [0.2, 0.25) is 0 Å². The van der Waals surface area contributed by atoms with Gasteiger partial charge >= 0.3 is 6.36 Å². The molecule has 19 heavy (non-hydrogen) atoms. The Morgan fingerprint density at radius 1 is 1.26 bits per heavy atom. The highest BCUT2D eigenvalue weighted by Crippen LogP contribution is 2.26. The normalized spacial score (nSPS) is 11.6. The van der Waals surface area contributed by atoms with Gasteiger partial charge in [0.2, 0.25) is 0 Å². The summed E-state index contributed by atoms with van der Waals surface area (Å²) in [5, 5.41) is 9.04. The van der Waals surface area contributed by atoms with Gasteiger partial charge < -0.3 is 14.4 Å². The van der Waals surface area contributed by atoms with E-state index in [0.29, 0.717) is 17.1 Å². The number of rotatable bonds is 3. The number of hydrogen-bond acceptors (Lipinski definition) is 3. The molecule has 0 radical (unpaired) electrons. The number of benzene rings is 1. The highest BCUT2D eigenvalue weighted by atomic mass is 19.4. The van der Waals surface area contributed by atoms with Gasteiger partial charge in [-0.05, 0) is 24.3 Å². The summed E-state index contributed by atoms with van der Waals surface area (Å²) in [6.45, 7) is -0.154. The van der Waals surface area contributed by atoms with E-state index in [4.69, 9.17) is 5.11 Å². The van der Waals surface area contributed by atoms with Gasteiger partial charge in [0.15, 0.2) is 0 Å². The van der Waals surface area contributed by atoms with E-state index in [0.717, 1.165) is 0 Å². The van der Waals surface area contributed by atoms with Crippen LogP contribution in [-0.4, -0.2) is 21.0 Å². The van der Waals surface area contributed by atoms with Crippen LogP contribution in [0.25, 0.3) is 11.4 Å². The van der Waals surface area contributed by atoms with Crippen molar-refractivity contribution < 1.29 is 23.0 Å². The summed E-state index contributed by atoms with van der Waals surface area (Å²) < 4.78 is 41.5. The Labute approximate surface area is 107 Å². The van der Waals surface area contributed by atoms with Crippen molar-refractivity contribution in [1.82, 2.24) is 9.55 Å². The lowest BCUT2D eigenvalue weighted by Crippen LogP contribution is -2.16. The zero-order chi connectivity index (χ0) is 14.0. The fourth-order valence-corrected chi connectivity index (χ4v) is 1.67. The van der Waals surface area contributed by atoms with Crippen molar-refractivity contribution in [1.29, 1.82) is 0 Å². The van der Waals surface area contributed by atoms with Crippen molar-refractivity contribution in [2.75, 3.05) is 0 Å². The summed E-state index contributed by atoms with van der Waals surface area (Å²) in [4.78, 5) is 4.10. The zero-order valence-electron chi connectivity index (χ0n) is 9.98. The maximum Gasteiger partial charge on any atom is 0.573 e. The molecule has 0 unspecified atom stereocenters. The number of ether oxygens (including phenoxy) is 1. The number of aliphatic hydroxyl groups excluding tert-OH is 1. The molecule has 1 aromatic heterocycles. The number of hydrogen-bond donors (Lipinski definition) is 1. The van der Waals surface area contributed by atoms with Gasteiger partial charge in [-0.15, -0.1) is 13.2 Å². The van der Waals surface area contributed by atoms with Crippen LogP contribution >= 0.6 is 0 Å². The lowest BCUT2D eigenvalue weighted by molar-refractivity contribution is -0.274. The molecule has 1 N–H and O–H groups in total. The van der Waals surface area contributed by atoms with Crippen molar-refractivity contribution in [2.45, 2.75) is 13.0 Å². The molecule has 1 heterocycles. The minimum Gasteiger partial charge on any atom is -0.406 e. The van der Waals surface area contributed by atoms with Gasteiger partial charge in [-0.1, -0.05) is 0 Å². The van der Waals surface area contributed by atoms with Gasteiger partial charge in [-0.2, -0.15) is 0 Å². The molecule has 0 bridgehead atoms. The number of aliphatic hydroxyl groups is 1. The predicted molar refractivity (Wildman–Crippen MR) is 61.2 cm³/mol. The minimum atomic E-state index is -4.70. The largest absolute Gasteiger partial charge is 0.573 e. The average molecular weight is 272 g/mol. The number of nitrogens with zero attached hydrogens (tertiary/aromatic N) is 2. The molecular formula is C12H11F3N2O2. The zero-order valence-corrected chi connectivity index (χ0v) is 9.98. The molecule has 4 nitrogen and oxygen atoms in total. The van der Waals surface area contributed by atoms with E-state index in [1.165, 1.54) is 30.5 Å². The van der Waals surface area contributed by atoms with E-state index >= 15 is 0 Å². The van der Waals surface area contributed by atoms with Crippen LogP contribution in [0.15, 0.2) is 30.5 Å². The molecule has 2 aromatic rings. The Hall–Kier alpha value is -2.02. The fraction of sp³-hybridized carbons (Fsp3) is 0.250. The lowest BCUT2D eigenvalue weighted by Gasteiger charge is -2.09. The van der Waals surface area contributed by atoms with E-state index in [-0.39, 0.29) is 12.4 Å². The van der Waals surface area contributed by atoms with Crippen LogP contribution in [0.4, 0.5) is 13.2 Å². The third-order valence-electron chi connectivity index (χ3n) is 2.59. The molecular weight excluding hydrogens is 261 g/mol. The van der Waals surface area contributed by atoms with E-state index in [9.17, 15) is 13.2 Å². The molecule has 0 aliphatic rings. The quantitative estimate of drug-likeness (QED) is 0.933. The molecule has 102 valence electrons. The van der Waals surface area contributed by atoms with Crippen molar-refractivity contribution >= 4 is 0 Å². The standard InChI is InChI=1S/C12H11F3N2O2/c1-17-9(7-18)6-16-11(17)8-2-4-10(5-3-8)19-12(13,14)15/h2-6,18H,7H2,1H3. The summed E-state index contributed by atoms with van der Waals surface area (Å²) in [6.07, 6.45) is -3.19. The van der Waals surface area contributed by atoms with Crippen LogP contribution in [0.3, 0.4) is 0 Å². The predicted octanol–water partition coefficient (Wildman–Crippen LogP) is 2.48. The first-order chi connectivity index (χ1) is 8.90. The van der Waals surface area contributed by atoms with E-state index in [2.05, 4.69) is 9.72 Å². The minimum absolute atomic E-state index is 0.154. The summed E-state index contributed by atoms with van der Waals surface area (Å²) in [5.41, 5.74) is 1.25. The van der Waals surface area contributed by atoms with E-state index in [1.54, 1.807) is 11.6 Å². The Morgan fingerprint density at radius 3 is 2.37 bits per heavy atom. The molecule has 0 aliphatic carbocycles. The Bertz CT molecular complexity index is 561. The molecule has 0 saturated heterocycles. The van der Waals surface area contributed by atoms with Gasteiger partial charge in [0, 0.05) is 12.6 Å². The van der Waals surface area contributed by atoms with Gasteiger partial charge in [-0.25, -0.2) is 4.98 Å². The van der Waals surface area contributed by atoms with Crippen LogP contribution < -0.4 is 4.74 Å². The number of imidazole rings is 1.